The topological polar surface area (TPSA) is 49.4 Å². The van der Waals surface area contributed by atoms with Crippen LogP contribution >= 0.6 is 0 Å². The van der Waals surface area contributed by atoms with Crippen LogP contribution in [0.25, 0.3) is 0 Å². The van der Waals surface area contributed by atoms with E-state index in [0.29, 0.717) is 6.54 Å². The number of rotatable bonds is 6. The quantitative estimate of drug-likeness (QED) is 0.814. The number of aryl methyl sites for hydroxylation is 1. The van der Waals surface area contributed by atoms with Crippen molar-refractivity contribution in [1.29, 1.82) is 0 Å². The predicted molar refractivity (Wildman–Crippen MR) is 82.7 cm³/mol. The van der Waals surface area contributed by atoms with Crippen molar-refractivity contribution in [1.82, 2.24) is 10.2 Å². The standard InChI is InChI=1S/C17H24N2O2/c1-13(2)16-17(21)18-12-15(20)19(16)11-7-6-10-14-8-4-3-5-9-14/h3-5,8-9,13,16H,6-7,10-12H2,1-2H3,(H,18,21). The van der Waals surface area contributed by atoms with Crippen LogP contribution in [0.1, 0.15) is 32.3 Å². The van der Waals surface area contributed by atoms with E-state index < -0.39 is 0 Å². The number of carbonyl (C=O) groups is 2. The molecule has 0 spiro atoms. The Morgan fingerprint density at radius 2 is 1.90 bits per heavy atom. The molecule has 1 N–H and O–H groups in total. The minimum atomic E-state index is -0.317. The molecule has 1 aliphatic rings. The van der Waals surface area contributed by atoms with Gasteiger partial charge in [-0.2, -0.15) is 0 Å². The smallest absolute Gasteiger partial charge is 0.243 e. The van der Waals surface area contributed by atoms with E-state index in [-0.39, 0.29) is 30.3 Å². The Hall–Kier alpha value is -1.84. The van der Waals surface area contributed by atoms with Gasteiger partial charge in [-0.1, -0.05) is 44.2 Å². The van der Waals surface area contributed by atoms with Gasteiger partial charge in [0.15, 0.2) is 0 Å². The van der Waals surface area contributed by atoms with Crippen molar-refractivity contribution in [3.05, 3.63) is 35.9 Å². The summed E-state index contributed by atoms with van der Waals surface area (Å²) in [7, 11) is 0. The molecule has 0 saturated carbocycles. The molecule has 1 fully saturated rings. The van der Waals surface area contributed by atoms with Crippen molar-refractivity contribution in [3.63, 3.8) is 0 Å². The maximum Gasteiger partial charge on any atom is 0.243 e. The molecular weight excluding hydrogens is 264 g/mol. The first-order valence-corrected chi connectivity index (χ1v) is 7.70. The lowest BCUT2D eigenvalue weighted by Gasteiger charge is -2.37. The van der Waals surface area contributed by atoms with Gasteiger partial charge in [-0.05, 0) is 30.7 Å². The Balaban J connectivity index is 1.85. The van der Waals surface area contributed by atoms with Crippen LogP contribution in [0, 0.1) is 5.92 Å². The monoisotopic (exact) mass is 288 g/mol. The van der Waals surface area contributed by atoms with Crippen LogP contribution in [0.3, 0.4) is 0 Å². The average molecular weight is 288 g/mol. The van der Waals surface area contributed by atoms with Crippen LogP contribution in [0.15, 0.2) is 30.3 Å². The second-order valence-electron chi connectivity index (χ2n) is 5.94. The van der Waals surface area contributed by atoms with Gasteiger partial charge in [0, 0.05) is 6.54 Å². The molecule has 1 heterocycles. The van der Waals surface area contributed by atoms with Crippen LogP contribution in [-0.4, -0.2) is 35.8 Å². The van der Waals surface area contributed by atoms with Crippen molar-refractivity contribution in [2.45, 2.75) is 39.2 Å². The lowest BCUT2D eigenvalue weighted by molar-refractivity contribution is -0.147. The number of unbranched alkanes of at least 4 members (excludes halogenated alkanes) is 1. The minimum Gasteiger partial charge on any atom is -0.345 e. The number of carbonyl (C=O) groups excluding carboxylic acids is 2. The zero-order valence-electron chi connectivity index (χ0n) is 12.8. The van der Waals surface area contributed by atoms with E-state index in [1.165, 1.54) is 5.56 Å². The Labute approximate surface area is 126 Å². The van der Waals surface area contributed by atoms with Crippen LogP contribution in [-0.2, 0) is 16.0 Å². The van der Waals surface area contributed by atoms with Gasteiger partial charge in [0.05, 0.1) is 6.54 Å². The molecule has 114 valence electrons. The highest BCUT2D eigenvalue weighted by molar-refractivity contribution is 5.94. The fraction of sp³-hybridized carbons (Fsp3) is 0.529. The van der Waals surface area contributed by atoms with Gasteiger partial charge in [-0.3, -0.25) is 9.59 Å². The first-order chi connectivity index (χ1) is 10.1. The molecule has 1 aromatic carbocycles. The molecular formula is C17H24N2O2. The van der Waals surface area contributed by atoms with Crippen molar-refractivity contribution in [2.75, 3.05) is 13.1 Å². The number of nitrogens with zero attached hydrogens (tertiary/aromatic N) is 1. The Bertz CT molecular complexity index is 485. The number of piperazine rings is 1. The summed E-state index contributed by atoms with van der Waals surface area (Å²) < 4.78 is 0. The number of benzene rings is 1. The molecule has 0 bridgehead atoms. The molecule has 1 atom stereocenters. The third-order valence-electron chi connectivity index (χ3n) is 3.93. The summed E-state index contributed by atoms with van der Waals surface area (Å²) in [5.74, 6) is 0.157. The van der Waals surface area contributed by atoms with E-state index in [4.69, 9.17) is 0 Å². The van der Waals surface area contributed by atoms with Gasteiger partial charge in [-0.25, -0.2) is 0 Å². The zero-order chi connectivity index (χ0) is 15.2. The molecule has 0 aromatic heterocycles. The lowest BCUT2D eigenvalue weighted by atomic mass is 9.98. The third kappa shape index (κ3) is 4.06. The van der Waals surface area contributed by atoms with E-state index >= 15 is 0 Å². The first-order valence-electron chi connectivity index (χ1n) is 7.70. The molecule has 2 amide bonds. The highest BCUT2D eigenvalue weighted by Crippen LogP contribution is 2.16. The van der Waals surface area contributed by atoms with Crippen molar-refractivity contribution in [2.24, 2.45) is 5.92 Å². The number of hydrogen-bond acceptors (Lipinski definition) is 2. The molecule has 1 saturated heterocycles. The fourth-order valence-corrected chi connectivity index (χ4v) is 2.85. The van der Waals surface area contributed by atoms with E-state index in [2.05, 4.69) is 17.4 Å². The summed E-state index contributed by atoms with van der Waals surface area (Å²) in [6.07, 6.45) is 2.97. The highest BCUT2D eigenvalue weighted by atomic mass is 16.2. The third-order valence-corrected chi connectivity index (χ3v) is 3.93. The van der Waals surface area contributed by atoms with Crippen molar-refractivity contribution >= 4 is 11.8 Å². The van der Waals surface area contributed by atoms with Crippen LogP contribution < -0.4 is 5.32 Å². The maximum atomic E-state index is 12.0. The van der Waals surface area contributed by atoms with Gasteiger partial charge in [0.2, 0.25) is 11.8 Å². The number of hydrogen-bond donors (Lipinski definition) is 1. The summed E-state index contributed by atoms with van der Waals surface area (Å²) >= 11 is 0. The molecule has 0 radical (unpaired) electrons. The van der Waals surface area contributed by atoms with Crippen LogP contribution in [0.2, 0.25) is 0 Å². The van der Waals surface area contributed by atoms with Gasteiger partial charge in [0.1, 0.15) is 6.04 Å². The first kappa shape index (κ1) is 15.5. The van der Waals surface area contributed by atoms with Gasteiger partial charge < -0.3 is 10.2 Å². The van der Waals surface area contributed by atoms with Gasteiger partial charge >= 0.3 is 0 Å². The van der Waals surface area contributed by atoms with E-state index in [1.54, 1.807) is 4.90 Å². The lowest BCUT2D eigenvalue weighted by Crippen LogP contribution is -2.60. The Kier molecular flexibility index (Phi) is 5.37. The average Bonchev–Trinajstić information content (AvgIpc) is 2.47. The molecule has 0 aliphatic carbocycles. The van der Waals surface area contributed by atoms with Crippen LogP contribution in [0.5, 0.6) is 0 Å². The normalized spacial score (nSPS) is 19.0. The summed E-state index contributed by atoms with van der Waals surface area (Å²) in [4.78, 5) is 25.7. The SMILES string of the molecule is CC(C)C1C(=O)NCC(=O)N1CCCCc1ccccc1. The largest absolute Gasteiger partial charge is 0.345 e. The van der Waals surface area contributed by atoms with Crippen molar-refractivity contribution < 1.29 is 9.59 Å². The molecule has 4 nitrogen and oxygen atoms in total. The number of nitrogens with one attached hydrogen (secondary N) is 1. The summed E-state index contributed by atoms with van der Waals surface area (Å²) in [6.45, 7) is 4.78. The summed E-state index contributed by atoms with van der Waals surface area (Å²) in [5.41, 5.74) is 1.32. The zero-order valence-corrected chi connectivity index (χ0v) is 12.8. The van der Waals surface area contributed by atoms with E-state index in [1.807, 2.05) is 32.0 Å². The molecule has 1 unspecified atom stereocenters. The summed E-state index contributed by atoms with van der Waals surface area (Å²) in [5, 5.41) is 2.68. The highest BCUT2D eigenvalue weighted by Gasteiger charge is 2.35. The van der Waals surface area contributed by atoms with E-state index in [0.717, 1.165) is 19.3 Å². The Morgan fingerprint density at radius 3 is 2.57 bits per heavy atom. The molecule has 1 aliphatic heterocycles. The minimum absolute atomic E-state index is 0.0207. The fourth-order valence-electron chi connectivity index (χ4n) is 2.85. The number of amides is 2. The molecule has 4 heteroatoms. The molecule has 1 aromatic rings. The van der Waals surface area contributed by atoms with Crippen LogP contribution in [0.4, 0.5) is 0 Å². The summed E-state index contributed by atoms with van der Waals surface area (Å²) in [6, 6.07) is 10.0. The second-order valence-corrected chi connectivity index (χ2v) is 5.94. The molecule has 2 rings (SSSR count). The maximum absolute atomic E-state index is 12.0. The van der Waals surface area contributed by atoms with Gasteiger partial charge in [0.25, 0.3) is 0 Å². The van der Waals surface area contributed by atoms with Crippen molar-refractivity contribution in [3.8, 4) is 0 Å². The molecule has 21 heavy (non-hydrogen) atoms. The van der Waals surface area contributed by atoms with E-state index in [9.17, 15) is 9.59 Å². The second kappa shape index (κ2) is 7.25. The van der Waals surface area contributed by atoms with Gasteiger partial charge in [-0.15, -0.1) is 0 Å². The Morgan fingerprint density at radius 1 is 1.19 bits per heavy atom. The predicted octanol–water partition coefficient (Wildman–Crippen LogP) is 1.99.